The lowest BCUT2D eigenvalue weighted by Crippen LogP contribution is -3.00. The number of pyridine rings is 1. The fourth-order valence-corrected chi connectivity index (χ4v) is 2.76. The van der Waals surface area contributed by atoms with Gasteiger partial charge in [0.25, 0.3) is 0 Å². The van der Waals surface area contributed by atoms with E-state index in [1.807, 2.05) is 0 Å². The third-order valence-electron chi connectivity index (χ3n) is 3.98. The molecular formula is C19H34FN. The van der Waals surface area contributed by atoms with Crippen molar-refractivity contribution in [2.75, 3.05) is 0 Å². The van der Waals surface area contributed by atoms with E-state index in [0.717, 1.165) is 0 Å². The standard InChI is InChI=1S/C19H34N.FH/c1-3-5-6-7-8-9-10-11-12-16-20-17-13-15-19(18-20)14-4-2;/h13,15,17-18H,3-12,14,16H2,1-2H3;1H/q+1;/p-1. The van der Waals surface area contributed by atoms with Crippen LogP contribution in [0, 0.1) is 0 Å². The van der Waals surface area contributed by atoms with Gasteiger partial charge in [0, 0.05) is 18.1 Å². The molecule has 0 aliphatic carbocycles. The first-order valence-electron chi connectivity index (χ1n) is 8.84. The van der Waals surface area contributed by atoms with Crippen LogP contribution in [0.15, 0.2) is 24.5 Å². The fourth-order valence-electron chi connectivity index (χ4n) is 2.76. The Morgan fingerprint density at radius 1 is 0.810 bits per heavy atom. The van der Waals surface area contributed by atoms with E-state index in [1.54, 1.807) is 0 Å². The SMILES string of the molecule is CCCCCCCCCCC[n+]1cccc(CCC)c1.[F-]. The van der Waals surface area contributed by atoms with Crippen LogP contribution in [0.5, 0.6) is 0 Å². The van der Waals surface area contributed by atoms with Crippen molar-refractivity contribution >= 4 is 0 Å². The van der Waals surface area contributed by atoms with Crippen LogP contribution in [0.25, 0.3) is 0 Å². The number of aromatic nitrogens is 1. The number of halogens is 1. The molecule has 1 aromatic rings. The van der Waals surface area contributed by atoms with E-state index in [0.29, 0.717) is 0 Å². The highest BCUT2D eigenvalue weighted by Gasteiger charge is 2.02. The summed E-state index contributed by atoms with van der Waals surface area (Å²) in [6.45, 7) is 5.72. The summed E-state index contributed by atoms with van der Waals surface area (Å²) in [7, 11) is 0. The van der Waals surface area contributed by atoms with Gasteiger partial charge in [0.2, 0.25) is 0 Å². The lowest BCUT2D eigenvalue weighted by molar-refractivity contribution is -0.697. The van der Waals surface area contributed by atoms with Crippen molar-refractivity contribution in [2.45, 2.75) is 91.0 Å². The molecule has 0 saturated heterocycles. The number of unbranched alkanes of at least 4 members (excludes halogenated alkanes) is 8. The van der Waals surface area contributed by atoms with Gasteiger partial charge in [-0.3, -0.25) is 0 Å². The van der Waals surface area contributed by atoms with E-state index in [2.05, 4.69) is 42.9 Å². The second-order valence-corrected chi connectivity index (χ2v) is 6.03. The summed E-state index contributed by atoms with van der Waals surface area (Å²) in [4.78, 5) is 0. The maximum Gasteiger partial charge on any atom is 0.171 e. The lowest BCUT2D eigenvalue weighted by Gasteiger charge is -2.02. The number of hydrogen-bond acceptors (Lipinski definition) is 0. The average Bonchev–Trinajstić information content (AvgIpc) is 2.46. The lowest BCUT2D eigenvalue weighted by atomic mass is 10.1. The van der Waals surface area contributed by atoms with E-state index in [9.17, 15) is 0 Å². The highest BCUT2D eigenvalue weighted by molar-refractivity contribution is 5.04. The number of hydrogen-bond donors (Lipinski definition) is 0. The molecule has 1 heterocycles. The highest BCUT2D eigenvalue weighted by Crippen LogP contribution is 2.09. The third-order valence-corrected chi connectivity index (χ3v) is 3.98. The summed E-state index contributed by atoms with van der Waals surface area (Å²) in [5.74, 6) is 0. The molecule has 0 spiro atoms. The van der Waals surface area contributed by atoms with Gasteiger partial charge in [0.1, 0.15) is 6.54 Å². The first-order valence-corrected chi connectivity index (χ1v) is 8.84. The van der Waals surface area contributed by atoms with Crippen LogP contribution in [0.1, 0.15) is 83.6 Å². The molecule has 0 saturated carbocycles. The molecule has 1 nitrogen and oxygen atoms in total. The van der Waals surface area contributed by atoms with Gasteiger partial charge >= 0.3 is 0 Å². The zero-order valence-corrected chi connectivity index (χ0v) is 14.1. The topological polar surface area (TPSA) is 3.88 Å². The zero-order valence-electron chi connectivity index (χ0n) is 14.1. The molecule has 0 aromatic carbocycles. The summed E-state index contributed by atoms with van der Waals surface area (Å²) in [6, 6.07) is 4.44. The quantitative estimate of drug-likeness (QED) is 0.412. The van der Waals surface area contributed by atoms with Gasteiger partial charge in [0.05, 0.1) is 0 Å². The predicted octanol–water partition coefficient (Wildman–Crippen LogP) is 2.46. The monoisotopic (exact) mass is 295 g/mol. The number of rotatable bonds is 12. The van der Waals surface area contributed by atoms with Crippen molar-refractivity contribution in [3.8, 4) is 0 Å². The van der Waals surface area contributed by atoms with Crippen molar-refractivity contribution in [1.29, 1.82) is 0 Å². The first-order chi connectivity index (χ1) is 9.86. The molecule has 21 heavy (non-hydrogen) atoms. The zero-order chi connectivity index (χ0) is 14.5. The summed E-state index contributed by atoms with van der Waals surface area (Å²) in [6.07, 6.45) is 19.7. The Balaban J connectivity index is 0.00000400. The normalized spacial score (nSPS) is 10.4. The number of nitrogens with zero attached hydrogens (tertiary/aromatic N) is 1. The van der Waals surface area contributed by atoms with Crippen LogP contribution in [0.4, 0.5) is 0 Å². The highest BCUT2D eigenvalue weighted by atomic mass is 19.0. The molecule has 0 fully saturated rings. The fraction of sp³-hybridized carbons (Fsp3) is 0.737. The Bertz CT molecular complexity index is 338. The molecular weight excluding hydrogens is 261 g/mol. The molecule has 0 aliphatic heterocycles. The Kier molecular flexibility index (Phi) is 13.4. The van der Waals surface area contributed by atoms with Crippen molar-refractivity contribution in [2.24, 2.45) is 0 Å². The molecule has 1 aromatic heterocycles. The molecule has 0 unspecified atom stereocenters. The average molecular weight is 295 g/mol. The van der Waals surface area contributed by atoms with Gasteiger partial charge in [-0.1, -0.05) is 65.2 Å². The molecule has 0 amide bonds. The number of aryl methyl sites for hydroxylation is 2. The summed E-state index contributed by atoms with van der Waals surface area (Å²) in [5, 5.41) is 0. The summed E-state index contributed by atoms with van der Waals surface area (Å²) < 4.78 is 2.37. The Morgan fingerprint density at radius 2 is 1.43 bits per heavy atom. The maximum absolute atomic E-state index is 2.37. The van der Waals surface area contributed by atoms with E-state index in [4.69, 9.17) is 0 Å². The molecule has 0 radical (unpaired) electrons. The minimum atomic E-state index is 0. The molecule has 1 rings (SSSR count). The predicted molar refractivity (Wildman–Crippen MR) is 87.9 cm³/mol. The summed E-state index contributed by atoms with van der Waals surface area (Å²) in [5.41, 5.74) is 1.48. The van der Waals surface area contributed by atoms with Crippen molar-refractivity contribution in [3.63, 3.8) is 0 Å². The second kappa shape index (κ2) is 14.0. The van der Waals surface area contributed by atoms with E-state index in [1.165, 1.54) is 82.7 Å². The van der Waals surface area contributed by atoms with Gasteiger partial charge < -0.3 is 4.70 Å². The van der Waals surface area contributed by atoms with E-state index < -0.39 is 0 Å². The van der Waals surface area contributed by atoms with Gasteiger partial charge in [0.15, 0.2) is 12.4 Å². The molecule has 2 heteroatoms. The molecule has 0 atom stereocenters. The third kappa shape index (κ3) is 10.4. The van der Waals surface area contributed by atoms with Gasteiger partial charge in [-0.25, -0.2) is 4.57 Å². The van der Waals surface area contributed by atoms with Gasteiger partial charge in [-0.2, -0.15) is 0 Å². The minimum absolute atomic E-state index is 0. The van der Waals surface area contributed by atoms with Crippen LogP contribution >= 0.6 is 0 Å². The van der Waals surface area contributed by atoms with Crippen LogP contribution < -0.4 is 9.27 Å². The molecule has 0 aliphatic rings. The van der Waals surface area contributed by atoms with Gasteiger partial charge in [-0.15, -0.1) is 0 Å². The Morgan fingerprint density at radius 3 is 2.05 bits per heavy atom. The molecule has 122 valence electrons. The van der Waals surface area contributed by atoms with Crippen LogP contribution in [-0.4, -0.2) is 0 Å². The van der Waals surface area contributed by atoms with Crippen LogP contribution in [0.2, 0.25) is 0 Å². The van der Waals surface area contributed by atoms with Crippen LogP contribution in [0.3, 0.4) is 0 Å². The Hall–Kier alpha value is -0.920. The molecule has 0 bridgehead atoms. The Labute approximate surface area is 131 Å². The largest absolute Gasteiger partial charge is 1.00 e. The molecule has 0 N–H and O–H groups in total. The summed E-state index contributed by atoms with van der Waals surface area (Å²) >= 11 is 0. The smallest absolute Gasteiger partial charge is 0.171 e. The minimum Gasteiger partial charge on any atom is -1.00 e. The maximum atomic E-state index is 2.37. The first kappa shape index (κ1) is 20.1. The van der Waals surface area contributed by atoms with Crippen molar-refractivity contribution in [3.05, 3.63) is 30.1 Å². The second-order valence-electron chi connectivity index (χ2n) is 6.03. The van der Waals surface area contributed by atoms with Gasteiger partial charge in [-0.05, 0) is 18.9 Å². The van der Waals surface area contributed by atoms with Crippen molar-refractivity contribution < 1.29 is 9.27 Å². The van der Waals surface area contributed by atoms with E-state index in [-0.39, 0.29) is 4.70 Å². The van der Waals surface area contributed by atoms with Crippen molar-refractivity contribution in [1.82, 2.24) is 0 Å². The van der Waals surface area contributed by atoms with Crippen LogP contribution in [-0.2, 0) is 13.0 Å². The van der Waals surface area contributed by atoms with E-state index >= 15 is 0 Å².